The summed E-state index contributed by atoms with van der Waals surface area (Å²) < 4.78 is 3.99. The molecule has 3 nitrogen and oxygen atoms in total. The normalized spacial score (nSPS) is 15.9. The smallest absolute Gasteiger partial charge is 0.257 e. The molecule has 2 rings (SSSR count). The van der Waals surface area contributed by atoms with Gasteiger partial charge in [0.1, 0.15) is 13.1 Å². The molecule has 0 radical (unpaired) electrons. The molecule has 0 N–H and O–H groups in total. The molecular weight excluding hydrogens is 174 g/mol. The Morgan fingerprint density at radius 1 is 1.43 bits per heavy atom. The maximum atomic E-state index is 8.68. The monoisotopic (exact) mass is 185 g/mol. The van der Waals surface area contributed by atoms with Crippen molar-refractivity contribution >= 4 is 0 Å². The highest BCUT2D eigenvalue weighted by Gasteiger charge is 2.10. The second-order valence-corrected chi connectivity index (χ2v) is 3.28. The van der Waals surface area contributed by atoms with Crippen LogP contribution in [-0.2, 0) is 7.05 Å². The van der Waals surface area contributed by atoms with Crippen LogP contribution in [0.4, 0.5) is 0 Å². The average molecular weight is 185 g/mol. The third kappa shape index (κ3) is 1.55. The Morgan fingerprint density at radius 2 is 2.14 bits per heavy atom. The van der Waals surface area contributed by atoms with Crippen molar-refractivity contribution in [2.75, 3.05) is 0 Å². The van der Waals surface area contributed by atoms with Crippen molar-refractivity contribution in [1.29, 1.82) is 5.26 Å². The number of hydrogen-bond acceptors (Lipinski definition) is 1. The Morgan fingerprint density at radius 3 is 2.64 bits per heavy atom. The largest absolute Gasteiger partial charge is 0.312 e. The van der Waals surface area contributed by atoms with Crippen LogP contribution in [-0.4, -0.2) is 0 Å². The molecule has 0 aliphatic heterocycles. The Hall–Kier alpha value is -1.95. The first-order valence-corrected chi connectivity index (χ1v) is 4.46. The van der Waals surface area contributed by atoms with Crippen molar-refractivity contribution in [2.24, 2.45) is 13.0 Å². The summed E-state index contributed by atoms with van der Waals surface area (Å²) in [6.45, 7) is 0. The Kier molecular flexibility index (Phi) is 2.11. The van der Waals surface area contributed by atoms with E-state index in [1.165, 1.54) is 0 Å². The second-order valence-electron chi connectivity index (χ2n) is 3.28. The lowest BCUT2D eigenvalue weighted by atomic mass is 10.0. The van der Waals surface area contributed by atoms with Crippen molar-refractivity contribution in [1.82, 2.24) is 0 Å². The topological polar surface area (TPSA) is 31.5 Å². The zero-order valence-corrected chi connectivity index (χ0v) is 7.96. The fourth-order valence-corrected chi connectivity index (χ4v) is 1.39. The molecule has 1 aliphatic carbocycles. The molecule has 0 fully saturated rings. The van der Waals surface area contributed by atoms with Gasteiger partial charge in [-0.1, -0.05) is 12.2 Å². The van der Waals surface area contributed by atoms with Gasteiger partial charge in [0, 0.05) is 5.92 Å². The van der Waals surface area contributed by atoms with Crippen LogP contribution in [0.1, 0.15) is 0 Å². The molecule has 0 bridgehead atoms. The van der Waals surface area contributed by atoms with Gasteiger partial charge in [0.25, 0.3) is 6.33 Å². The third-order valence-electron chi connectivity index (χ3n) is 2.16. The minimum Gasteiger partial charge on any atom is -0.312 e. The summed E-state index contributed by atoms with van der Waals surface area (Å²) in [6.07, 6.45) is 13.7. The van der Waals surface area contributed by atoms with Crippen molar-refractivity contribution in [3.63, 3.8) is 0 Å². The summed E-state index contributed by atoms with van der Waals surface area (Å²) in [5.74, 6) is -0.0805. The van der Waals surface area contributed by atoms with E-state index >= 15 is 0 Å². The molecule has 0 atom stereocenters. The van der Waals surface area contributed by atoms with Crippen LogP contribution < -0.4 is 9.13 Å². The summed E-state index contributed by atoms with van der Waals surface area (Å²) in [5.41, 5.74) is 0. The van der Waals surface area contributed by atoms with Gasteiger partial charge in [0.2, 0.25) is 0 Å². The molecule has 1 aliphatic rings. The molecule has 1 aromatic heterocycles. The molecule has 0 amide bonds. The fourth-order valence-electron chi connectivity index (χ4n) is 1.39. The van der Waals surface area contributed by atoms with Crippen LogP contribution in [0.2, 0.25) is 0 Å². The van der Waals surface area contributed by atoms with Crippen molar-refractivity contribution < 1.29 is 9.13 Å². The van der Waals surface area contributed by atoms with Gasteiger partial charge in [0.15, 0.2) is 0 Å². The van der Waals surface area contributed by atoms with E-state index in [2.05, 4.69) is 6.07 Å². The molecule has 0 spiro atoms. The summed E-state index contributed by atoms with van der Waals surface area (Å²) >= 11 is 0. The zero-order chi connectivity index (χ0) is 9.97. The number of hydrogen-bond donors (Lipinski definition) is 0. The third-order valence-corrected chi connectivity index (χ3v) is 2.16. The highest BCUT2D eigenvalue weighted by Crippen LogP contribution is 2.12. The van der Waals surface area contributed by atoms with E-state index in [0.717, 1.165) is 6.04 Å². The van der Waals surface area contributed by atoms with Crippen LogP contribution in [0, 0.1) is 23.3 Å². The number of aryl methyl sites for hydroxylation is 1. The standard InChI is InChI=1S/C11H11N3/c1-13-6-7-14(9-13)11-4-2-10(8-12)3-5-11/h2-7,9-10H,1H3. The van der Waals surface area contributed by atoms with Gasteiger partial charge < -0.3 is 4.57 Å². The predicted molar refractivity (Wildman–Crippen MR) is 49.4 cm³/mol. The van der Waals surface area contributed by atoms with Crippen molar-refractivity contribution in [3.05, 3.63) is 49.1 Å². The Bertz CT molecular complexity index is 406. The highest BCUT2D eigenvalue weighted by atomic mass is 15.1. The van der Waals surface area contributed by atoms with Crippen LogP contribution >= 0.6 is 0 Å². The first kappa shape index (κ1) is 8.64. The molecule has 3 heteroatoms. The maximum Gasteiger partial charge on any atom is 0.257 e. The number of imidazole rings is 1. The molecule has 1 aromatic rings. The summed E-state index contributed by atoms with van der Waals surface area (Å²) in [4.78, 5) is 0. The van der Waals surface area contributed by atoms with Gasteiger partial charge in [-0.15, -0.1) is 12.2 Å². The second kappa shape index (κ2) is 3.43. The molecule has 0 aromatic carbocycles. The molecular formula is C11H11N3. The van der Waals surface area contributed by atoms with Crippen LogP contribution in [0.25, 0.3) is 0 Å². The lowest BCUT2D eigenvalue weighted by Crippen LogP contribution is -2.40. The van der Waals surface area contributed by atoms with E-state index in [1.54, 1.807) is 0 Å². The Balaban J connectivity index is 2.17. The first-order chi connectivity index (χ1) is 6.79. The molecule has 0 saturated heterocycles. The number of nitriles is 1. The average Bonchev–Trinajstić information content (AvgIpc) is 2.65. The number of allylic oxidation sites excluding steroid dienone is 4. The van der Waals surface area contributed by atoms with E-state index in [-0.39, 0.29) is 5.92 Å². The van der Waals surface area contributed by atoms with Gasteiger partial charge >= 0.3 is 0 Å². The zero-order valence-electron chi connectivity index (χ0n) is 7.96. The summed E-state index contributed by atoms with van der Waals surface area (Å²) in [5, 5.41) is 8.68. The van der Waals surface area contributed by atoms with Gasteiger partial charge in [-0.25, -0.2) is 0 Å². The van der Waals surface area contributed by atoms with E-state index in [0.29, 0.717) is 0 Å². The highest BCUT2D eigenvalue weighted by molar-refractivity contribution is 5.27. The van der Waals surface area contributed by atoms with Gasteiger partial charge in [-0.3, -0.25) is 4.57 Å². The minimum atomic E-state index is -0.0805. The Labute approximate surface area is 83.2 Å². The van der Waals surface area contributed by atoms with Crippen LogP contribution in [0.5, 0.6) is 0 Å². The molecule has 0 unspecified atom stereocenters. The number of nitrogens with zero attached hydrogens (tertiary/aromatic N) is 3. The fraction of sp³-hybridized carbons (Fsp3) is 0.182. The van der Waals surface area contributed by atoms with E-state index in [9.17, 15) is 0 Å². The minimum absolute atomic E-state index is 0.0805. The van der Waals surface area contributed by atoms with Gasteiger partial charge in [0.05, 0.1) is 18.5 Å². The van der Waals surface area contributed by atoms with Gasteiger partial charge in [-0.05, 0) is 0 Å². The van der Waals surface area contributed by atoms with Crippen LogP contribution in [0.15, 0.2) is 43.0 Å². The summed E-state index contributed by atoms with van der Waals surface area (Å²) in [6, 6.07) is 3.26. The SMILES string of the molecule is C[n+]1c[n+]([C-]2C=CC(C#N)C=C2)c[cH-]1. The van der Waals surface area contributed by atoms with Crippen molar-refractivity contribution in [2.45, 2.75) is 0 Å². The lowest BCUT2D eigenvalue weighted by molar-refractivity contribution is -0.760. The van der Waals surface area contributed by atoms with Crippen molar-refractivity contribution in [3.8, 4) is 6.07 Å². The quantitative estimate of drug-likeness (QED) is 0.453. The number of rotatable bonds is 1. The number of aromatic nitrogens is 2. The lowest BCUT2D eigenvalue weighted by Gasteiger charge is -2.12. The van der Waals surface area contributed by atoms with E-state index < -0.39 is 0 Å². The summed E-state index contributed by atoms with van der Waals surface area (Å²) in [7, 11) is 1.98. The molecule has 0 saturated carbocycles. The predicted octanol–water partition coefficient (Wildman–Crippen LogP) is 0.163. The van der Waals surface area contributed by atoms with Gasteiger partial charge in [-0.2, -0.15) is 5.26 Å². The van der Waals surface area contributed by atoms with E-state index in [1.807, 2.05) is 59.2 Å². The van der Waals surface area contributed by atoms with E-state index in [4.69, 9.17) is 5.26 Å². The maximum absolute atomic E-state index is 8.68. The molecule has 1 heterocycles. The van der Waals surface area contributed by atoms with Crippen LogP contribution in [0.3, 0.4) is 0 Å². The first-order valence-electron chi connectivity index (χ1n) is 4.46. The molecule has 70 valence electrons. The molecule has 14 heavy (non-hydrogen) atoms.